The summed E-state index contributed by atoms with van der Waals surface area (Å²) in [5.74, 6) is 0.961. The lowest BCUT2D eigenvalue weighted by molar-refractivity contribution is -0.892. The zero-order valence-electron chi connectivity index (χ0n) is 15.0. The lowest BCUT2D eigenvalue weighted by Crippen LogP contribution is -3.15. The molecule has 3 aromatic rings. The number of fused-ring (bicyclic) bond motifs is 1. The van der Waals surface area contributed by atoms with Crippen LogP contribution < -0.4 is 14.5 Å². The number of benzene rings is 2. The maximum Gasteiger partial charge on any atom is 0.219 e. The number of H-pyrrole nitrogens is 1. The van der Waals surface area contributed by atoms with Gasteiger partial charge in [0.15, 0.2) is 0 Å². The molecule has 26 heavy (non-hydrogen) atoms. The van der Waals surface area contributed by atoms with Gasteiger partial charge in [0.2, 0.25) is 5.78 Å². The number of carbonyl (C=O) groups is 1. The fourth-order valence-corrected chi connectivity index (χ4v) is 3.68. The zero-order chi connectivity index (χ0) is 17.9. The molecular weight excluding hydrogens is 326 g/mol. The Balaban J connectivity index is 1.42. The highest BCUT2D eigenvalue weighted by molar-refractivity contribution is 6.08. The number of hydrogen-bond donors (Lipinski definition) is 2. The predicted molar refractivity (Wildman–Crippen MR) is 103 cm³/mol. The number of aromatic amines is 1. The maximum absolute atomic E-state index is 12.8. The number of Topliss-reactive ketones (excluding diaryl/α,β-unsaturated/α-hetero) is 1. The van der Waals surface area contributed by atoms with Gasteiger partial charge in [0.1, 0.15) is 12.3 Å². The van der Waals surface area contributed by atoms with Gasteiger partial charge >= 0.3 is 0 Å². The third-order valence-corrected chi connectivity index (χ3v) is 5.19. The molecule has 0 unspecified atom stereocenters. The molecule has 0 bridgehead atoms. The minimum Gasteiger partial charge on any atom is -0.497 e. The van der Waals surface area contributed by atoms with Crippen molar-refractivity contribution in [2.75, 3.05) is 44.7 Å². The molecule has 134 valence electrons. The van der Waals surface area contributed by atoms with E-state index in [0.29, 0.717) is 6.54 Å². The Morgan fingerprint density at radius 3 is 2.65 bits per heavy atom. The van der Waals surface area contributed by atoms with Crippen LogP contribution >= 0.6 is 0 Å². The van der Waals surface area contributed by atoms with Crippen molar-refractivity contribution in [3.63, 3.8) is 0 Å². The van der Waals surface area contributed by atoms with E-state index < -0.39 is 0 Å². The van der Waals surface area contributed by atoms with Crippen LogP contribution in [-0.4, -0.2) is 50.6 Å². The van der Waals surface area contributed by atoms with Crippen molar-refractivity contribution >= 4 is 22.4 Å². The SMILES string of the molecule is COc1ccc2[nH]cc(C(=O)C[NH+]3CCN(c4ccccc4)CC3)c2c1. The molecule has 2 heterocycles. The lowest BCUT2D eigenvalue weighted by Gasteiger charge is -2.33. The second-order valence-corrected chi connectivity index (χ2v) is 6.79. The molecule has 0 saturated carbocycles. The molecule has 5 heteroatoms. The van der Waals surface area contributed by atoms with Gasteiger partial charge in [-0.05, 0) is 30.3 Å². The molecule has 1 fully saturated rings. The second-order valence-electron chi connectivity index (χ2n) is 6.79. The highest BCUT2D eigenvalue weighted by Crippen LogP contribution is 2.23. The van der Waals surface area contributed by atoms with E-state index in [2.05, 4.69) is 34.1 Å². The van der Waals surface area contributed by atoms with Gasteiger partial charge in [-0.3, -0.25) is 4.79 Å². The van der Waals surface area contributed by atoms with E-state index in [1.807, 2.05) is 30.5 Å². The van der Waals surface area contributed by atoms with E-state index in [9.17, 15) is 4.79 Å². The molecular formula is C21H24N3O2+. The van der Waals surface area contributed by atoms with E-state index in [1.165, 1.54) is 10.6 Å². The third-order valence-electron chi connectivity index (χ3n) is 5.19. The van der Waals surface area contributed by atoms with Crippen LogP contribution in [-0.2, 0) is 0 Å². The van der Waals surface area contributed by atoms with Crippen LogP contribution in [0.2, 0.25) is 0 Å². The van der Waals surface area contributed by atoms with Crippen molar-refractivity contribution in [2.24, 2.45) is 0 Å². The Hall–Kier alpha value is -2.79. The number of ketones is 1. The van der Waals surface area contributed by atoms with Gasteiger partial charge in [-0.1, -0.05) is 18.2 Å². The number of para-hydroxylation sites is 1. The molecule has 0 radical (unpaired) electrons. The first kappa shape index (κ1) is 16.7. The van der Waals surface area contributed by atoms with Gasteiger partial charge in [0.05, 0.1) is 33.3 Å². The summed E-state index contributed by atoms with van der Waals surface area (Å²) < 4.78 is 5.29. The summed E-state index contributed by atoms with van der Waals surface area (Å²) in [5.41, 5.74) is 3.00. The average Bonchev–Trinajstić information content (AvgIpc) is 3.12. The summed E-state index contributed by atoms with van der Waals surface area (Å²) in [4.78, 5) is 19.8. The largest absolute Gasteiger partial charge is 0.497 e. The van der Waals surface area contributed by atoms with Crippen LogP contribution in [0.3, 0.4) is 0 Å². The quantitative estimate of drug-likeness (QED) is 0.690. The van der Waals surface area contributed by atoms with E-state index in [-0.39, 0.29) is 5.78 Å². The average molecular weight is 350 g/mol. The smallest absolute Gasteiger partial charge is 0.219 e. The molecule has 0 amide bonds. The van der Waals surface area contributed by atoms with Crippen molar-refractivity contribution in [3.05, 3.63) is 60.3 Å². The second kappa shape index (κ2) is 7.22. The molecule has 1 aromatic heterocycles. The Morgan fingerprint density at radius 2 is 1.92 bits per heavy atom. The van der Waals surface area contributed by atoms with Crippen LogP contribution in [0, 0.1) is 0 Å². The number of piperazine rings is 1. The number of rotatable bonds is 5. The van der Waals surface area contributed by atoms with Gasteiger partial charge in [-0.2, -0.15) is 0 Å². The van der Waals surface area contributed by atoms with Gasteiger partial charge in [0, 0.05) is 28.4 Å². The summed E-state index contributed by atoms with van der Waals surface area (Å²) in [5, 5.41) is 0.941. The summed E-state index contributed by atoms with van der Waals surface area (Å²) in [6.07, 6.45) is 1.83. The molecule has 0 spiro atoms. The fraction of sp³-hybridized carbons (Fsp3) is 0.286. The van der Waals surface area contributed by atoms with Crippen LogP contribution in [0.5, 0.6) is 5.75 Å². The van der Waals surface area contributed by atoms with Crippen molar-refractivity contribution < 1.29 is 14.4 Å². The number of aromatic nitrogens is 1. The Labute approximate surface area is 153 Å². The number of methoxy groups -OCH3 is 1. The Bertz CT molecular complexity index is 896. The Kier molecular flexibility index (Phi) is 4.63. The predicted octanol–water partition coefficient (Wildman–Crippen LogP) is 1.76. The van der Waals surface area contributed by atoms with Gasteiger partial charge in [0.25, 0.3) is 0 Å². The first-order chi connectivity index (χ1) is 12.7. The van der Waals surface area contributed by atoms with Crippen molar-refractivity contribution in [3.8, 4) is 5.75 Å². The first-order valence-electron chi connectivity index (χ1n) is 9.06. The van der Waals surface area contributed by atoms with Crippen LogP contribution in [0.4, 0.5) is 5.69 Å². The molecule has 1 aliphatic heterocycles. The number of nitrogens with zero attached hydrogens (tertiary/aromatic N) is 1. The van der Waals surface area contributed by atoms with Crippen molar-refractivity contribution in [2.45, 2.75) is 0 Å². The number of nitrogens with one attached hydrogen (secondary N) is 2. The monoisotopic (exact) mass is 350 g/mol. The molecule has 1 saturated heterocycles. The molecule has 0 aliphatic carbocycles. The zero-order valence-corrected chi connectivity index (χ0v) is 15.0. The molecule has 5 nitrogen and oxygen atoms in total. The minimum atomic E-state index is 0.188. The van der Waals surface area contributed by atoms with Crippen molar-refractivity contribution in [1.29, 1.82) is 0 Å². The van der Waals surface area contributed by atoms with Crippen LogP contribution in [0.15, 0.2) is 54.7 Å². The lowest BCUT2D eigenvalue weighted by atomic mass is 10.1. The molecule has 1 aliphatic rings. The fourth-order valence-electron chi connectivity index (χ4n) is 3.68. The summed E-state index contributed by atoms with van der Waals surface area (Å²) in [7, 11) is 1.64. The summed E-state index contributed by atoms with van der Waals surface area (Å²) >= 11 is 0. The molecule has 0 atom stereocenters. The Morgan fingerprint density at radius 1 is 1.15 bits per heavy atom. The minimum absolute atomic E-state index is 0.188. The van der Waals surface area contributed by atoms with Crippen LogP contribution in [0.1, 0.15) is 10.4 Å². The standard InChI is InChI=1S/C21H23N3O2/c1-26-17-7-8-20-18(13-17)19(14-22-20)21(25)15-23-9-11-24(12-10-23)16-5-3-2-4-6-16/h2-8,13-14,22H,9-12,15H2,1H3/p+1. The molecule has 2 aromatic carbocycles. The van der Waals surface area contributed by atoms with Crippen molar-refractivity contribution in [1.82, 2.24) is 4.98 Å². The van der Waals surface area contributed by atoms with Gasteiger partial charge in [-0.15, -0.1) is 0 Å². The topological polar surface area (TPSA) is 49.8 Å². The number of hydrogen-bond acceptors (Lipinski definition) is 3. The van der Waals surface area contributed by atoms with E-state index in [4.69, 9.17) is 4.74 Å². The summed E-state index contributed by atoms with van der Waals surface area (Å²) in [6.45, 7) is 4.45. The highest BCUT2D eigenvalue weighted by atomic mass is 16.5. The van der Waals surface area contributed by atoms with Crippen LogP contribution in [0.25, 0.3) is 10.9 Å². The van der Waals surface area contributed by atoms with Gasteiger partial charge in [-0.25, -0.2) is 0 Å². The first-order valence-corrected chi connectivity index (χ1v) is 9.06. The summed E-state index contributed by atoms with van der Waals surface area (Å²) in [6, 6.07) is 16.3. The number of anilines is 1. The van der Waals surface area contributed by atoms with Gasteiger partial charge < -0.3 is 19.5 Å². The maximum atomic E-state index is 12.8. The number of ether oxygens (including phenoxy) is 1. The van der Waals surface area contributed by atoms with E-state index >= 15 is 0 Å². The molecule has 4 rings (SSSR count). The normalized spacial score (nSPS) is 15.3. The molecule has 2 N–H and O–H groups in total. The number of quaternary nitrogens is 1. The third kappa shape index (κ3) is 3.30. The highest BCUT2D eigenvalue weighted by Gasteiger charge is 2.24. The van der Waals surface area contributed by atoms with E-state index in [0.717, 1.165) is 48.4 Å². The number of carbonyl (C=O) groups excluding carboxylic acids is 1. The van der Waals surface area contributed by atoms with E-state index in [1.54, 1.807) is 7.11 Å².